The molecule has 4 heteroatoms. The average Bonchev–Trinajstić information content (AvgIpc) is 2.36. The molecule has 0 aromatic carbocycles. The molecule has 0 saturated heterocycles. The first kappa shape index (κ1) is 16.7. The minimum absolute atomic E-state index is 0.274. The molecule has 0 radical (unpaired) electrons. The van der Waals surface area contributed by atoms with Crippen LogP contribution in [-0.4, -0.2) is 22.2 Å². The maximum atomic E-state index is 12.1. The summed E-state index contributed by atoms with van der Waals surface area (Å²) in [5.74, 6) is -2.52. The Hall–Kier alpha value is -1.32. The molecular formula is C16H26O4. The van der Waals surface area contributed by atoms with E-state index < -0.39 is 22.8 Å². The van der Waals surface area contributed by atoms with Gasteiger partial charge in [0.2, 0.25) is 0 Å². The smallest absolute Gasteiger partial charge is 0.311 e. The van der Waals surface area contributed by atoms with Crippen molar-refractivity contribution < 1.29 is 19.8 Å². The maximum Gasteiger partial charge on any atom is 0.311 e. The summed E-state index contributed by atoms with van der Waals surface area (Å²) < 4.78 is 0. The number of allylic oxidation sites excluding steroid dienone is 2. The van der Waals surface area contributed by atoms with Gasteiger partial charge in [0.1, 0.15) is 0 Å². The Morgan fingerprint density at radius 1 is 1.15 bits per heavy atom. The van der Waals surface area contributed by atoms with Crippen LogP contribution in [0.4, 0.5) is 0 Å². The van der Waals surface area contributed by atoms with E-state index in [1.807, 2.05) is 33.8 Å². The summed E-state index contributed by atoms with van der Waals surface area (Å²) in [6.07, 6.45) is 3.32. The summed E-state index contributed by atoms with van der Waals surface area (Å²) in [5.41, 5.74) is -1.50. The third kappa shape index (κ3) is 1.88. The minimum Gasteiger partial charge on any atom is -0.481 e. The fourth-order valence-electron chi connectivity index (χ4n) is 4.35. The predicted molar refractivity (Wildman–Crippen MR) is 77.4 cm³/mol. The van der Waals surface area contributed by atoms with Gasteiger partial charge < -0.3 is 10.2 Å². The van der Waals surface area contributed by atoms with Gasteiger partial charge in [-0.3, -0.25) is 9.59 Å². The Kier molecular flexibility index (Phi) is 4.67. The van der Waals surface area contributed by atoms with Crippen molar-refractivity contribution >= 4 is 11.9 Å². The molecule has 2 N–H and O–H groups in total. The van der Waals surface area contributed by atoms with Crippen LogP contribution in [0.2, 0.25) is 0 Å². The van der Waals surface area contributed by atoms with Crippen molar-refractivity contribution in [2.24, 2.45) is 22.7 Å². The second kappa shape index (κ2) is 5.58. The molecule has 0 aromatic heterocycles. The lowest BCUT2D eigenvalue weighted by Crippen LogP contribution is -2.60. The largest absolute Gasteiger partial charge is 0.481 e. The molecule has 0 amide bonds. The molecule has 1 aliphatic rings. The first-order valence-corrected chi connectivity index (χ1v) is 7.37. The van der Waals surface area contributed by atoms with Crippen LogP contribution in [0.15, 0.2) is 11.6 Å². The molecular weight excluding hydrogens is 256 g/mol. The van der Waals surface area contributed by atoms with E-state index in [1.165, 1.54) is 0 Å². The number of hydrogen-bond donors (Lipinski definition) is 2. The van der Waals surface area contributed by atoms with E-state index in [0.29, 0.717) is 19.3 Å². The van der Waals surface area contributed by atoms with Gasteiger partial charge in [-0.05, 0) is 31.6 Å². The zero-order valence-corrected chi connectivity index (χ0v) is 13.1. The lowest BCUT2D eigenvalue weighted by molar-refractivity contribution is -0.187. The molecule has 114 valence electrons. The van der Waals surface area contributed by atoms with Crippen LogP contribution in [0.3, 0.4) is 0 Å². The van der Waals surface area contributed by atoms with Gasteiger partial charge in [0.25, 0.3) is 0 Å². The third-order valence-electron chi connectivity index (χ3n) is 5.47. The van der Waals surface area contributed by atoms with E-state index in [1.54, 1.807) is 6.92 Å². The molecule has 0 aromatic rings. The normalized spacial score (nSPS) is 37.4. The van der Waals surface area contributed by atoms with E-state index in [9.17, 15) is 19.8 Å². The number of carbonyl (C=O) groups is 2. The van der Waals surface area contributed by atoms with E-state index in [0.717, 1.165) is 5.57 Å². The minimum atomic E-state index is -1.24. The SMILES string of the molecule is CCCC1(C(=O)O)[C@H](C)C=C(C)[C@H](C)C1(CC)C(=O)O. The molecule has 0 bridgehead atoms. The fourth-order valence-corrected chi connectivity index (χ4v) is 4.35. The first-order valence-electron chi connectivity index (χ1n) is 7.37. The monoisotopic (exact) mass is 282 g/mol. The number of hydrogen-bond acceptors (Lipinski definition) is 2. The highest BCUT2D eigenvalue weighted by molar-refractivity contribution is 5.88. The van der Waals surface area contributed by atoms with Crippen molar-refractivity contribution in [3.05, 3.63) is 11.6 Å². The quantitative estimate of drug-likeness (QED) is 0.756. The topological polar surface area (TPSA) is 74.6 Å². The van der Waals surface area contributed by atoms with Crippen LogP contribution >= 0.6 is 0 Å². The van der Waals surface area contributed by atoms with Crippen molar-refractivity contribution in [3.8, 4) is 0 Å². The molecule has 2 unspecified atom stereocenters. The Labute approximate surface area is 120 Å². The molecule has 4 atom stereocenters. The highest BCUT2D eigenvalue weighted by atomic mass is 16.4. The second-order valence-corrected chi connectivity index (χ2v) is 6.08. The molecule has 0 spiro atoms. The maximum absolute atomic E-state index is 12.1. The average molecular weight is 282 g/mol. The Balaban J connectivity index is 3.72. The van der Waals surface area contributed by atoms with Crippen molar-refractivity contribution in [1.82, 2.24) is 0 Å². The first-order chi connectivity index (χ1) is 9.22. The van der Waals surface area contributed by atoms with Gasteiger partial charge in [-0.25, -0.2) is 0 Å². The summed E-state index contributed by atoms with van der Waals surface area (Å²) in [4.78, 5) is 24.2. The van der Waals surface area contributed by atoms with Crippen LogP contribution in [0, 0.1) is 22.7 Å². The zero-order valence-electron chi connectivity index (χ0n) is 13.1. The Morgan fingerprint density at radius 2 is 1.65 bits per heavy atom. The van der Waals surface area contributed by atoms with Crippen molar-refractivity contribution in [2.75, 3.05) is 0 Å². The lowest BCUT2D eigenvalue weighted by Gasteiger charge is -2.54. The number of aliphatic carboxylic acids is 2. The number of carboxylic acids is 2. The summed E-state index contributed by atoms with van der Waals surface area (Å²) in [6.45, 7) is 9.31. The summed E-state index contributed by atoms with van der Waals surface area (Å²) in [6, 6.07) is 0. The molecule has 20 heavy (non-hydrogen) atoms. The van der Waals surface area contributed by atoms with Gasteiger partial charge in [0.05, 0.1) is 10.8 Å². The van der Waals surface area contributed by atoms with Crippen molar-refractivity contribution in [3.63, 3.8) is 0 Å². The van der Waals surface area contributed by atoms with Crippen molar-refractivity contribution in [2.45, 2.75) is 53.9 Å². The lowest BCUT2D eigenvalue weighted by atomic mass is 9.46. The Morgan fingerprint density at radius 3 is 2.00 bits per heavy atom. The molecule has 0 heterocycles. The van der Waals surface area contributed by atoms with Gasteiger partial charge in [-0.15, -0.1) is 0 Å². The van der Waals surface area contributed by atoms with Crippen LogP contribution < -0.4 is 0 Å². The molecule has 1 aliphatic carbocycles. The number of carboxylic acid groups (broad SMARTS) is 2. The molecule has 0 aliphatic heterocycles. The van der Waals surface area contributed by atoms with E-state index >= 15 is 0 Å². The van der Waals surface area contributed by atoms with Crippen LogP contribution in [0.5, 0.6) is 0 Å². The molecule has 0 fully saturated rings. The van der Waals surface area contributed by atoms with Crippen LogP contribution in [0.25, 0.3) is 0 Å². The second-order valence-electron chi connectivity index (χ2n) is 6.08. The summed E-state index contributed by atoms with van der Waals surface area (Å²) >= 11 is 0. The van der Waals surface area contributed by atoms with Crippen LogP contribution in [0.1, 0.15) is 53.9 Å². The fraction of sp³-hybridized carbons (Fsp3) is 0.750. The van der Waals surface area contributed by atoms with Gasteiger partial charge >= 0.3 is 11.9 Å². The molecule has 1 rings (SSSR count). The Bertz CT molecular complexity index is 440. The van der Waals surface area contributed by atoms with Crippen LogP contribution in [-0.2, 0) is 9.59 Å². The van der Waals surface area contributed by atoms with E-state index in [-0.39, 0.29) is 11.8 Å². The summed E-state index contributed by atoms with van der Waals surface area (Å²) in [7, 11) is 0. The van der Waals surface area contributed by atoms with E-state index in [2.05, 4.69) is 0 Å². The van der Waals surface area contributed by atoms with Gasteiger partial charge in [-0.1, -0.05) is 45.8 Å². The predicted octanol–water partition coefficient (Wildman–Crippen LogP) is 3.57. The van der Waals surface area contributed by atoms with Gasteiger partial charge in [-0.2, -0.15) is 0 Å². The third-order valence-corrected chi connectivity index (χ3v) is 5.47. The molecule has 4 nitrogen and oxygen atoms in total. The van der Waals surface area contributed by atoms with Gasteiger partial charge in [0, 0.05) is 0 Å². The van der Waals surface area contributed by atoms with E-state index in [4.69, 9.17) is 0 Å². The zero-order chi connectivity index (χ0) is 15.7. The standard InChI is InChI=1S/C16H26O4/c1-6-8-16(14(19)20)11(4)9-10(3)12(5)15(16,7-2)13(17)18/h9,11-12H,6-8H2,1-5H3,(H,17,18)(H,19,20)/t11-,12+,15?,16?/m1/s1. The molecule has 0 saturated carbocycles. The highest BCUT2D eigenvalue weighted by Crippen LogP contribution is 2.60. The summed E-state index contributed by atoms with van der Waals surface area (Å²) in [5, 5.41) is 19.8. The van der Waals surface area contributed by atoms with Gasteiger partial charge in [0.15, 0.2) is 0 Å². The highest BCUT2D eigenvalue weighted by Gasteiger charge is 2.66. The number of rotatable bonds is 5. The van der Waals surface area contributed by atoms with Crippen molar-refractivity contribution in [1.29, 1.82) is 0 Å².